The average molecular weight is 532 g/mol. The smallest absolute Gasteiger partial charge is 0.162 e. The van der Waals surface area contributed by atoms with Crippen LogP contribution in [0.15, 0.2) is 48.8 Å². The van der Waals surface area contributed by atoms with Gasteiger partial charge in [0, 0.05) is 51.1 Å². The van der Waals surface area contributed by atoms with Gasteiger partial charge in [0.1, 0.15) is 23.8 Å². The lowest BCUT2D eigenvalue weighted by Crippen LogP contribution is -2.48. The molecule has 1 aromatic heterocycles. The Morgan fingerprint density at radius 1 is 1.11 bits per heavy atom. The van der Waals surface area contributed by atoms with E-state index in [1.165, 1.54) is 6.07 Å². The third-order valence-corrected chi connectivity index (χ3v) is 6.39. The molecule has 0 amide bonds. The third-order valence-electron chi connectivity index (χ3n) is 6.39. The van der Waals surface area contributed by atoms with Crippen LogP contribution in [0, 0.1) is 11.6 Å². The number of halogens is 2. The summed E-state index contributed by atoms with van der Waals surface area (Å²) < 4.78 is 51.6. The molecule has 0 spiro atoms. The Morgan fingerprint density at radius 3 is 2.76 bits per heavy atom. The summed E-state index contributed by atoms with van der Waals surface area (Å²) in [4.78, 5) is 6.41. The first-order valence-corrected chi connectivity index (χ1v) is 12.8. The maximum atomic E-state index is 13.5. The molecule has 1 aliphatic rings. The Labute approximate surface area is 221 Å². The Hall–Kier alpha value is -3.21. The number of hydrogen-bond donors (Lipinski definition) is 1. The molecule has 4 rings (SSSR count). The van der Waals surface area contributed by atoms with E-state index in [-0.39, 0.29) is 25.5 Å². The van der Waals surface area contributed by atoms with Gasteiger partial charge in [0.2, 0.25) is 0 Å². The predicted octanol–water partition coefficient (Wildman–Crippen LogP) is 3.84. The SMILES string of the molecule is CCc1nccn1CCCOc1ccc(CN2CCOCC(O)(COc3ccc(F)c(F)c3)C2)cc1OC. The third kappa shape index (κ3) is 7.43. The van der Waals surface area contributed by atoms with Gasteiger partial charge in [0.25, 0.3) is 0 Å². The topological polar surface area (TPSA) is 78.2 Å². The monoisotopic (exact) mass is 531 g/mol. The highest BCUT2D eigenvalue weighted by atomic mass is 19.2. The van der Waals surface area contributed by atoms with Gasteiger partial charge in [-0.3, -0.25) is 4.90 Å². The zero-order chi connectivity index (χ0) is 27.0. The molecule has 1 unspecified atom stereocenters. The Kier molecular flexibility index (Phi) is 9.54. The van der Waals surface area contributed by atoms with Crippen molar-refractivity contribution in [2.24, 2.45) is 0 Å². The van der Waals surface area contributed by atoms with Gasteiger partial charge in [-0.2, -0.15) is 0 Å². The van der Waals surface area contributed by atoms with Crippen molar-refractivity contribution in [2.45, 2.75) is 38.5 Å². The van der Waals surface area contributed by atoms with Crippen LogP contribution in [0.25, 0.3) is 0 Å². The summed E-state index contributed by atoms with van der Waals surface area (Å²) in [7, 11) is 1.61. The molecule has 2 heterocycles. The molecule has 0 bridgehead atoms. The van der Waals surface area contributed by atoms with Crippen molar-refractivity contribution < 1.29 is 32.8 Å². The summed E-state index contributed by atoms with van der Waals surface area (Å²) in [6.45, 7) is 5.31. The molecule has 1 atom stereocenters. The second-order valence-electron chi connectivity index (χ2n) is 9.43. The van der Waals surface area contributed by atoms with Gasteiger partial charge in [-0.25, -0.2) is 13.8 Å². The highest BCUT2D eigenvalue weighted by molar-refractivity contribution is 5.43. The van der Waals surface area contributed by atoms with Crippen molar-refractivity contribution in [3.8, 4) is 17.2 Å². The minimum Gasteiger partial charge on any atom is -0.493 e. The van der Waals surface area contributed by atoms with Gasteiger partial charge in [-0.1, -0.05) is 13.0 Å². The summed E-state index contributed by atoms with van der Waals surface area (Å²) in [6.07, 6.45) is 5.54. The van der Waals surface area contributed by atoms with E-state index in [0.29, 0.717) is 37.8 Å². The van der Waals surface area contributed by atoms with Crippen molar-refractivity contribution in [3.05, 3.63) is 71.8 Å². The Morgan fingerprint density at radius 2 is 1.97 bits per heavy atom. The number of methoxy groups -OCH3 is 1. The predicted molar refractivity (Wildman–Crippen MR) is 138 cm³/mol. The van der Waals surface area contributed by atoms with E-state index in [9.17, 15) is 13.9 Å². The highest BCUT2D eigenvalue weighted by Crippen LogP contribution is 2.29. The fraction of sp³-hybridized carbons (Fsp3) is 0.464. The van der Waals surface area contributed by atoms with E-state index in [2.05, 4.69) is 21.4 Å². The van der Waals surface area contributed by atoms with Gasteiger partial charge in [-0.05, 0) is 36.2 Å². The highest BCUT2D eigenvalue weighted by Gasteiger charge is 2.33. The van der Waals surface area contributed by atoms with Crippen LogP contribution in [-0.4, -0.2) is 71.8 Å². The number of β-amino-alcohol motifs (C(OH)–C–C–N with tert-alkyl or cyclic N) is 1. The number of benzene rings is 2. The normalized spacial score (nSPS) is 18.2. The fourth-order valence-corrected chi connectivity index (χ4v) is 4.47. The summed E-state index contributed by atoms with van der Waals surface area (Å²) in [5.74, 6) is 0.568. The quantitative estimate of drug-likeness (QED) is 0.356. The van der Waals surface area contributed by atoms with E-state index >= 15 is 0 Å². The number of aromatic nitrogens is 2. The van der Waals surface area contributed by atoms with Crippen LogP contribution in [0.2, 0.25) is 0 Å². The average Bonchev–Trinajstić information content (AvgIpc) is 3.29. The lowest BCUT2D eigenvalue weighted by molar-refractivity contribution is -0.0647. The van der Waals surface area contributed by atoms with Gasteiger partial charge in [-0.15, -0.1) is 0 Å². The van der Waals surface area contributed by atoms with Crippen molar-refractivity contribution in [3.63, 3.8) is 0 Å². The molecule has 10 heteroatoms. The summed E-state index contributed by atoms with van der Waals surface area (Å²) >= 11 is 0. The van der Waals surface area contributed by atoms with Crippen LogP contribution >= 0.6 is 0 Å². The number of hydrogen-bond acceptors (Lipinski definition) is 7. The molecule has 1 fully saturated rings. The van der Waals surface area contributed by atoms with Gasteiger partial charge < -0.3 is 28.6 Å². The van der Waals surface area contributed by atoms with E-state index < -0.39 is 17.2 Å². The molecular formula is C28H35F2N3O5. The fourth-order valence-electron chi connectivity index (χ4n) is 4.47. The molecule has 38 heavy (non-hydrogen) atoms. The van der Waals surface area contributed by atoms with Crippen LogP contribution in [0.3, 0.4) is 0 Å². The summed E-state index contributed by atoms with van der Waals surface area (Å²) in [5, 5.41) is 11.1. The second kappa shape index (κ2) is 13.0. The molecule has 3 aromatic rings. The molecule has 206 valence electrons. The molecular weight excluding hydrogens is 496 g/mol. The van der Waals surface area contributed by atoms with E-state index in [0.717, 1.165) is 42.9 Å². The number of ether oxygens (including phenoxy) is 4. The lowest BCUT2D eigenvalue weighted by atomic mass is 10.1. The van der Waals surface area contributed by atoms with Crippen molar-refractivity contribution >= 4 is 0 Å². The standard InChI is InChI=1S/C28H35F2N3O5/c1-3-27-31-9-11-33(27)10-4-13-37-25-8-5-21(15-26(25)35-2)17-32-12-14-36-19-28(34,18-32)20-38-22-6-7-23(29)24(30)16-22/h5-9,11,15-16,34H,3-4,10,12-14,17-20H2,1-2H3. The van der Waals surface area contributed by atoms with Crippen LogP contribution in [-0.2, 0) is 24.2 Å². The maximum absolute atomic E-state index is 13.5. The number of nitrogens with zero attached hydrogens (tertiary/aromatic N) is 3. The van der Waals surface area contributed by atoms with Crippen LogP contribution in [0.4, 0.5) is 8.78 Å². The zero-order valence-corrected chi connectivity index (χ0v) is 21.9. The first-order valence-electron chi connectivity index (χ1n) is 12.8. The first-order chi connectivity index (χ1) is 18.4. The minimum absolute atomic E-state index is 0.0715. The molecule has 0 radical (unpaired) electrons. The largest absolute Gasteiger partial charge is 0.493 e. The Balaban J connectivity index is 1.32. The summed E-state index contributed by atoms with van der Waals surface area (Å²) in [5.41, 5.74) is -0.326. The number of rotatable bonds is 12. The second-order valence-corrected chi connectivity index (χ2v) is 9.43. The molecule has 0 saturated carbocycles. The number of aryl methyl sites for hydroxylation is 2. The van der Waals surface area contributed by atoms with E-state index in [1.807, 2.05) is 30.6 Å². The molecule has 0 aliphatic carbocycles. The van der Waals surface area contributed by atoms with Crippen LogP contribution in [0.1, 0.15) is 24.7 Å². The van der Waals surface area contributed by atoms with Crippen LogP contribution in [0.5, 0.6) is 17.2 Å². The molecule has 1 saturated heterocycles. The molecule has 8 nitrogen and oxygen atoms in total. The van der Waals surface area contributed by atoms with Gasteiger partial charge in [0.15, 0.2) is 23.1 Å². The number of aliphatic hydroxyl groups is 1. The lowest BCUT2D eigenvalue weighted by Gasteiger charge is -2.30. The molecule has 1 N–H and O–H groups in total. The van der Waals surface area contributed by atoms with Crippen molar-refractivity contribution in [1.82, 2.24) is 14.5 Å². The molecule has 2 aromatic carbocycles. The zero-order valence-electron chi connectivity index (χ0n) is 21.9. The minimum atomic E-state index is -1.32. The Bertz CT molecular complexity index is 1190. The number of imidazole rings is 1. The summed E-state index contributed by atoms with van der Waals surface area (Å²) in [6, 6.07) is 9.09. The van der Waals surface area contributed by atoms with Crippen molar-refractivity contribution in [1.29, 1.82) is 0 Å². The van der Waals surface area contributed by atoms with Crippen LogP contribution < -0.4 is 14.2 Å². The van der Waals surface area contributed by atoms with E-state index in [1.54, 1.807) is 7.11 Å². The van der Waals surface area contributed by atoms with Gasteiger partial charge in [0.05, 0.1) is 26.9 Å². The van der Waals surface area contributed by atoms with E-state index in [4.69, 9.17) is 18.9 Å². The maximum Gasteiger partial charge on any atom is 0.162 e. The first kappa shape index (κ1) is 27.8. The van der Waals surface area contributed by atoms with Crippen molar-refractivity contribution in [2.75, 3.05) is 46.6 Å². The van der Waals surface area contributed by atoms with Gasteiger partial charge >= 0.3 is 0 Å². The molecule has 1 aliphatic heterocycles.